The van der Waals surface area contributed by atoms with Gasteiger partial charge in [0.1, 0.15) is 18.5 Å². The average molecular weight is 452 g/mol. The number of benzene rings is 2. The summed E-state index contributed by atoms with van der Waals surface area (Å²) in [4.78, 5) is 10.1. The predicted molar refractivity (Wildman–Crippen MR) is 116 cm³/mol. The number of alkyl halides is 1. The SMILES string of the molecule is NC1=NC2(CO1)c1cc(-c3cccnc3F)ccc1Oc1c(F)cc(N3CCC(F)C3)cc12. The molecule has 2 unspecified atom stereocenters. The summed E-state index contributed by atoms with van der Waals surface area (Å²) < 4.78 is 55.0. The van der Waals surface area contributed by atoms with Gasteiger partial charge in [0.25, 0.3) is 6.02 Å². The van der Waals surface area contributed by atoms with Crippen molar-refractivity contribution in [3.63, 3.8) is 0 Å². The van der Waals surface area contributed by atoms with Crippen LogP contribution in [0.5, 0.6) is 11.5 Å². The number of nitrogens with zero attached hydrogens (tertiary/aromatic N) is 3. The third-order valence-corrected chi connectivity index (χ3v) is 6.41. The lowest BCUT2D eigenvalue weighted by Crippen LogP contribution is -2.32. The maximum Gasteiger partial charge on any atom is 0.283 e. The fourth-order valence-electron chi connectivity index (χ4n) is 4.80. The van der Waals surface area contributed by atoms with Crippen LogP contribution in [0.15, 0.2) is 53.7 Å². The van der Waals surface area contributed by atoms with E-state index in [1.165, 1.54) is 12.3 Å². The summed E-state index contributed by atoms with van der Waals surface area (Å²) >= 11 is 0. The molecule has 9 heteroatoms. The molecule has 6 nitrogen and oxygen atoms in total. The fourth-order valence-corrected chi connectivity index (χ4v) is 4.80. The Morgan fingerprint density at radius 1 is 1.12 bits per heavy atom. The minimum absolute atomic E-state index is 0.0182. The normalized spacial score (nSPS) is 23.1. The summed E-state index contributed by atoms with van der Waals surface area (Å²) in [5.74, 6) is -0.811. The van der Waals surface area contributed by atoms with Crippen LogP contribution in [-0.4, -0.2) is 36.9 Å². The highest BCUT2D eigenvalue weighted by Gasteiger charge is 2.48. The number of ether oxygens (including phenoxy) is 2. The Morgan fingerprint density at radius 3 is 2.73 bits per heavy atom. The summed E-state index contributed by atoms with van der Waals surface area (Å²) in [6.45, 7) is 0.695. The van der Waals surface area contributed by atoms with Gasteiger partial charge in [0, 0.05) is 47.7 Å². The minimum Gasteiger partial charge on any atom is -0.462 e. The number of amidine groups is 1. The average Bonchev–Trinajstić information content (AvgIpc) is 3.41. The van der Waals surface area contributed by atoms with E-state index in [4.69, 9.17) is 15.2 Å². The smallest absolute Gasteiger partial charge is 0.283 e. The van der Waals surface area contributed by atoms with Gasteiger partial charge in [0.15, 0.2) is 17.1 Å². The van der Waals surface area contributed by atoms with E-state index in [0.717, 1.165) is 0 Å². The largest absolute Gasteiger partial charge is 0.462 e. The Labute approximate surface area is 187 Å². The molecule has 6 rings (SSSR count). The predicted octanol–water partition coefficient (Wildman–Crippen LogP) is 4.27. The Bertz CT molecular complexity index is 1310. The molecule has 1 fully saturated rings. The van der Waals surface area contributed by atoms with Crippen molar-refractivity contribution in [3.8, 4) is 22.6 Å². The van der Waals surface area contributed by atoms with Crippen molar-refractivity contribution in [3.05, 3.63) is 71.6 Å². The van der Waals surface area contributed by atoms with E-state index < -0.39 is 23.5 Å². The molecule has 3 aliphatic heterocycles. The molecule has 4 heterocycles. The summed E-state index contributed by atoms with van der Waals surface area (Å²) in [7, 11) is 0. The van der Waals surface area contributed by atoms with E-state index in [2.05, 4.69) is 9.98 Å². The molecular weight excluding hydrogens is 433 g/mol. The zero-order valence-corrected chi connectivity index (χ0v) is 17.4. The molecule has 0 aliphatic carbocycles. The van der Waals surface area contributed by atoms with Crippen LogP contribution >= 0.6 is 0 Å². The lowest BCUT2D eigenvalue weighted by molar-refractivity contribution is 0.262. The molecule has 0 amide bonds. The van der Waals surface area contributed by atoms with Gasteiger partial charge in [-0.3, -0.25) is 0 Å². The number of pyridine rings is 1. The van der Waals surface area contributed by atoms with Gasteiger partial charge in [-0.25, -0.2) is 18.8 Å². The standard InChI is InChI=1S/C24H19F3N4O2/c25-14-5-7-31(11-14)15-9-18-21(19(26)10-15)33-20-4-3-13(16-2-1-6-29-22(16)27)8-17(20)24(18)12-32-23(28)30-24/h1-4,6,8-10,14H,5,7,11-12H2,(H2,28,30). The second kappa shape index (κ2) is 7.13. The number of hydrogen-bond acceptors (Lipinski definition) is 6. The van der Waals surface area contributed by atoms with Gasteiger partial charge in [-0.05, 0) is 42.3 Å². The third kappa shape index (κ3) is 3.02. The van der Waals surface area contributed by atoms with Crippen LogP contribution in [-0.2, 0) is 10.3 Å². The molecule has 168 valence electrons. The van der Waals surface area contributed by atoms with Crippen LogP contribution in [0, 0.1) is 11.8 Å². The van der Waals surface area contributed by atoms with Crippen LogP contribution in [0.2, 0.25) is 0 Å². The third-order valence-electron chi connectivity index (χ3n) is 6.41. The van der Waals surface area contributed by atoms with Gasteiger partial charge in [-0.2, -0.15) is 4.39 Å². The van der Waals surface area contributed by atoms with Crippen LogP contribution < -0.4 is 15.4 Å². The highest BCUT2D eigenvalue weighted by atomic mass is 19.1. The summed E-state index contributed by atoms with van der Waals surface area (Å²) in [5, 5.41) is 0. The van der Waals surface area contributed by atoms with Gasteiger partial charge in [0.2, 0.25) is 5.95 Å². The lowest BCUT2D eigenvalue weighted by atomic mass is 9.80. The van der Waals surface area contributed by atoms with Crippen molar-refractivity contribution in [2.75, 3.05) is 24.6 Å². The minimum atomic E-state index is -1.19. The molecule has 33 heavy (non-hydrogen) atoms. The van der Waals surface area contributed by atoms with Crippen LogP contribution in [0.1, 0.15) is 17.5 Å². The molecule has 0 saturated carbocycles. The second-order valence-corrected chi connectivity index (χ2v) is 8.39. The Kier molecular flexibility index (Phi) is 4.30. The van der Waals surface area contributed by atoms with Crippen molar-refractivity contribution in [2.24, 2.45) is 10.7 Å². The van der Waals surface area contributed by atoms with E-state index >= 15 is 4.39 Å². The Morgan fingerprint density at radius 2 is 2.00 bits per heavy atom. The maximum atomic E-state index is 15.3. The highest BCUT2D eigenvalue weighted by Crippen LogP contribution is 2.53. The van der Waals surface area contributed by atoms with Crippen molar-refractivity contribution < 1.29 is 22.6 Å². The topological polar surface area (TPSA) is 73.0 Å². The maximum absolute atomic E-state index is 15.3. The summed E-state index contributed by atoms with van der Waals surface area (Å²) in [6, 6.07) is 11.4. The molecule has 3 aromatic rings. The number of nitrogens with two attached hydrogens (primary N) is 1. The van der Waals surface area contributed by atoms with Crippen LogP contribution in [0.4, 0.5) is 18.9 Å². The number of aromatic nitrogens is 1. The van der Waals surface area contributed by atoms with Gasteiger partial charge in [-0.15, -0.1) is 0 Å². The van der Waals surface area contributed by atoms with Gasteiger partial charge in [-0.1, -0.05) is 6.07 Å². The Balaban J connectivity index is 1.55. The first kappa shape index (κ1) is 19.9. The number of rotatable bonds is 2. The van der Waals surface area contributed by atoms with E-state index in [1.54, 1.807) is 41.3 Å². The molecule has 1 spiro atoms. The van der Waals surface area contributed by atoms with Gasteiger partial charge < -0.3 is 20.1 Å². The monoisotopic (exact) mass is 452 g/mol. The van der Waals surface area contributed by atoms with Crippen LogP contribution in [0.25, 0.3) is 11.1 Å². The molecule has 1 saturated heterocycles. The first-order chi connectivity index (χ1) is 15.9. The number of halogens is 3. The second-order valence-electron chi connectivity index (χ2n) is 8.39. The first-order valence-corrected chi connectivity index (χ1v) is 10.6. The highest BCUT2D eigenvalue weighted by molar-refractivity contribution is 5.78. The summed E-state index contributed by atoms with van der Waals surface area (Å²) in [6.07, 6.45) is 0.797. The quantitative estimate of drug-likeness (QED) is 0.588. The number of anilines is 1. The molecule has 1 aromatic heterocycles. The zero-order chi connectivity index (χ0) is 22.7. The first-order valence-electron chi connectivity index (χ1n) is 10.6. The zero-order valence-electron chi connectivity index (χ0n) is 17.4. The molecule has 0 bridgehead atoms. The van der Waals surface area contributed by atoms with Crippen LogP contribution in [0.3, 0.4) is 0 Å². The lowest BCUT2D eigenvalue weighted by Gasteiger charge is -2.35. The molecule has 0 radical (unpaired) electrons. The van der Waals surface area contributed by atoms with E-state index in [1.807, 2.05) is 0 Å². The van der Waals surface area contributed by atoms with Gasteiger partial charge >= 0.3 is 0 Å². The fraction of sp³-hybridized carbons (Fsp3) is 0.250. The molecule has 3 aliphatic rings. The Hall–Kier alpha value is -3.75. The van der Waals surface area contributed by atoms with E-state index in [-0.39, 0.29) is 24.9 Å². The van der Waals surface area contributed by atoms with Gasteiger partial charge in [0.05, 0.1) is 0 Å². The van der Waals surface area contributed by atoms with Crippen molar-refractivity contribution in [2.45, 2.75) is 18.1 Å². The number of hydrogen-bond donors (Lipinski definition) is 1. The van der Waals surface area contributed by atoms with E-state index in [0.29, 0.717) is 46.7 Å². The molecular formula is C24H19F3N4O2. The molecule has 2 atom stereocenters. The number of fused-ring (bicyclic) bond motifs is 4. The molecule has 2 aromatic carbocycles. The van der Waals surface area contributed by atoms with E-state index in [9.17, 15) is 8.78 Å². The number of aliphatic imine (C=N–C) groups is 1. The van der Waals surface area contributed by atoms with Crippen molar-refractivity contribution in [1.82, 2.24) is 4.98 Å². The summed E-state index contributed by atoms with van der Waals surface area (Å²) in [5.41, 5.74) is 7.12. The van der Waals surface area contributed by atoms with Crippen molar-refractivity contribution in [1.29, 1.82) is 0 Å². The van der Waals surface area contributed by atoms with Crippen molar-refractivity contribution >= 4 is 11.7 Å². The molecule has 2 N–H and O–H groups in total.